The second-order valence-corrected chi connectivity index (χ2v) is 10.2. The van der Waals surface area contributed by atoms with Gasteiger partial charge in [-0.15, -0.1) is 0 Å². The minimum atomic E-state index is -0.726. The first-order chi connectivity index (χ1) is 16.8. The lowest BCUT2D eigenvalue weighted by Gasteiger charge is -2.30. The molecular formula is C27H39N3O5. The first-order valence-electron chi connectivity index (χ1n) is 13.0. The third-order valence-electron chi connectivity index (χ3n) is 7.93. The van der Waals surface area contributed by atoms with Crippen LogP contribution in [0.4, 0.5) is 0 Å². The number of ketones is 1. The topological polar surface area (TPSA) is 88.2 Å². The molecule has 0 aliphatic carbocycles. The van der Waals surface area contributed by atoms with E-state index in [-0.39, 0.29) is 36.2 Å². The number of fused-ring (bicyclic) bond motifs is 1. The van der Waals surface area contributed by atoms with Crippen LogP contribution in [0.15, 0.2) is 24.3 Å². The number of carbonyl (C=O) groups excluding carboxylic acids is 3. The largest absolute Gasteiger partial charge is 0.374 e. The van der Waals surface area contributed by atoms with Gasteiger partial charge in [-0.05, 0) is 69.4 Å². The highest BCUT2D eigenvalue weighted by molar-refractivity contribution is 5.99. The molecule has 0 unspecified atom stereocenters. The van der Waals surface area contributed by atoms with Crippen molar-refractivity contribution in [1.82, 2.24) is 15.1 Å². The normalized spacial score (nSPS) is 27.0. The highest BCUT2D eigenvalue weighted by Crippen LogP contribution is 2.31. The summed E-state index contributed by atoms with van der Waals surface area (Å²) in [6, 6.07) is 6.42. The fourth-order valence-corrected chi connectivity index (χ4v) is 5.53. The lowest BCUT2D eigenvalue weighted by molar-refractivity contribution is -0.139. The number of Topliss-reactive ketones (excluding diaryl/α,β-unsaturated/α-hetero) is 1. The Labute approximate surface area is 208 Å². The molecule has 35 heavy (non-hydrogen) atoms. The third kappa shape index (κ3) is 5.44. The SMILES string of the molecule is CCO[C@H]1CN(C(=O)[C@@H](NC(=O)c2ccc(C3CCN(C)CC3)cc2)[C@@H](C)CC)[C@@H]2C(=O)CO[C@H]12. The summed E-state index contributed by atoms with van der Waals surface area (Å²) in [4.78, 5) is 43.3. The Morgan fingerprint density at radius 3 is 2.49 bits per heavy atom. The van der Waals surface area contributed by atoms with Crippen molar-refractivity contribution in [3.63, 3.8) is 0 Å². The molecule has 1 aromatic rings. The number of rotatable bonds is 8. The van der Waals surface area contributed by atoms with Crippen LogP contribution in [-0.4, -0.2) is 91.6 Å². The molecule has 8 heteroatoms. The highest BCUT2D eigenvalue weighted by atomic mass is 16.6. The van der Waals surface area contributed by atoms with Crippen LogP contribution in [0.5, 0.6) is 0 Å². The molecule has 0 spiro atoms. The number of nitrogens with one attached hydrogen (secondary N) is 1. The van der Waals surface area contributed by atoms with Crippen molar-refractivity contribution in [2.45, 2.75) is 70.2 Å². The smallest absolute Gasteiger partial charge is 0.251 e. The highest BCUT2D eigenvalue weighted by Gasteiger charge is 2.54. The van der Waals surface area contributed by atoms with Crippen molar-refractivity contribution in [1.29, 1.82) is 0 Å². The maximum atomic E-state index is 13.7. The number of ether oxygens (including phenoxy) is 2. The van der Waals surface area contributed by atoms with E-state index in [2.05, 4.69) is 17.3 Å². The van der Waals surface area contributed by atoms with E-state index in [4.69, 9.17) is 9.47 Å². The molecule has 0 aromatic heterocycles. The number of likely N-dealkylation sites (tertiary alicyclic amines) is 2. The van der Waals surface area contributed by atoms with E-state index < -0.39 is 18.2 Å². The van der Waals surface area contributed by atoms with E-state index in [9.17, 15) is 14.4 Å². The summed E-state index contributed by atoms with van der Waals surface area (Å²) in [6.45, 7) is 8.76. The average Bonchev–Trinajstić information content (AvgIpc) is 3.43. The number of hydrogen-bond acceptors (Lipinski definition) is 6. The Bertz CT molecular complexity index is 912. The van der Waals surface area contributed by atoms with Gasteiger partial charge in [-0.3, -0.25) is 14.4 Å². The predicted molar refractivity (Wildman–Crippen MR) is 132 cm³/mol. The number of piperidine rings is 1. The van der Waals surface area contributed by atoms with Gasteiger partial charge in [0.15, 0.2) is 5.78 Å². The van der Waals surface area contributed by atoms with Gasteiger partial charge in [-0.25, -0.2) is 0 Å². The molecule has 3 saturated heterocycles. The molecule has 0 saturated carbocycles. The van der Waals surface area contributed by atoms with Gasteiger partial charge in [0.05, 0.1) is 6.54 Å². The van der Waals surface area contributed by atoms with Crippen molar-refractivity contribution in [3.8, 4) is 0 Å². The molecule has 1 aromatic carbocycles. The number of amides is 2. The van der Waals surface area contributed by atoms with Gasteiger partial charge in [0, 0.05) is 12.2 Å². The zero-order valence-corrected chi connectivity index (χ0v) is 21.4. The van der Waals surface area contributed by atoms with E-state index in [1.54, 1.807) is 4.90 Å². The van der Waals surface area contributed by atoms with E-state index in [1.807, 2.05) is 45.0 Å². The van der Waals surface area contributed by atoms with Crippen molar-refractivity contribution in [3.05, 3.63) is 35.4 Å². The van der Waals surface area contributed by atoms with Crippen LogP contribution in [0.1, 0.15) is 61.9 Å². The van der Waals surface area contributed by atoms with Crippen LogP contribution in [0, 0.1) is 5.92 Å². The molecule has 0 radical (unpaired) electrons. The molecule has 3 aliphatic heterocycles. The Morgan fingerprint density at radius 2 is 1.86 bits per heavy atom. The molecule has 1 N–H and O–H groups in total. The summed E-state index contributed by atoms with van der Waals surface area (Å²) >= 11 is 0. The number of hydrogen-bond donors (Lipinski definition) is 1. The molecule has 8 nitrogen and oxygen atoms in total. The van der Waals surface area contributed by atoms with E-state index in [0.717, 1.165) is 25.9 Å². The summed E-state index contributed by atoms with van der Waals surface area (Å²) < 4.78 is 11.4. The van der Waals surface area contributed by atoms with Crippen LogP contribution in [0.25, 0.3) is 0 Å². The van der Waals surface area contributed by atoms with Gasteiger partial charge in [0.1, 0.15) is 30.9 Å². The van der Waals surface area contributed by atoms with Crippen LogP contribution in [-0.2, 0) is 19.1 Å². The number of carbonyl (C=O) groups is 3. The quantitative estimate of drug-likeness (QED) is 0.608. The molecule has 4 rings (SSSR count). The minimum absolute atomic E-state index is 0.00727. The molecule has 192 valence electrons. The van der Waals surface area contributed by atoms with Gasteiger partial charge in [-0.2, -0.15) is 0 Å². The van der Waals surface area contributed by atoms with Crippen molar-refractivity contribution >= 4 is 17.6 Å². The second kappa shape index (κ2) is 11.2. The lowest BCUT2D eigenvalue weighted by atomic mass is 9.89. The Kier molecular flexibility index (Phi) is 8.24. The zero-order chi connectivity index (χ0) is 25.1. The van der Waals surface area contributed by atoms with Gasteiger partial charge in [0.2, 0.25) is 5.91 Å². The molecule has 3 heterocycles. The molecule has 5 atom stereocenters. The maximum Gasteiger partial charge on any atom is 0.251 e. The first kappa shape index (κ1) is 25.8. The summed E-state index contributed by atoms with van der Waals surface area (Å²) in [5, 5.41) is 2.98. The van der Waals surface area contributed by atoms with Crippen LogP contribution >= 0.6 is 0 Å². The lowest BCUT2D eigenvalue weighted by Crippen LogP contribution is -2.54. The summed E-state index contributed by atoms with van der Waals surface area (Å²) in [5.41, 5.74) is 1.79. The third-order valence-corrected chi connectivity index (χ3v) is 7.93. The Morgan fingerprint density at radius 1 is 1.17 bits per heavy atom. The van der Waals surface area contributed by atoms with Crippen LogP contribution in [0.2, 0.25) is 0 Å². The van der Waals surface area contributed by atoms with E-state index in [0.29, 0.717) is 31.1 Å². The average molecular weight is 486 g/mol. The van der Waals surface area contributed by atoms with Gasteiger partial charge in [0.25, 0.3) is 5.91 Å². The van der Waals surface area contributed by atoms with Crippen molar-refractivity contribution in [2.75, 3.05) is 39.9 Å². The standard InChI is InChI=1S/C27H39N3O5/c1-5-17(3)23(27(33)30-15-22(34-6-2)25-24(30)21(31)16-35-25)28-26(32)20-9-7-18(8-10-20)19-11-13-29(4)14-12-19/h7-10,17,19,22-25H,5-6,11-16H2,1-4H3,(H,28,32)/t17-,22-,23-,24+,25+/m0/s1. The maximum absolute atomic E-state index is 13.7. The van der Waals surface area contributed by atoms with Crippen molar-refractivity contribution in [2.24, 2.45) is 5.92 Å². The van der Waals surface area contributed by atoms with Crippen LogP contribution in [0.3, 0.4) is 0 Å². The van der Waals surface area contributed by atoms with Gasteiger partial charge >= 0.3 is 0 Å². The fourth-order valence-electron chi connectivity index (χ4n) is 5.53. The van der Waals surface area contributed by atoms with E-state index >= 15 is 0 Å². The van der Waals surface area contributed by atoms with Gasteiger partial charge < -0.3 is 24.6 Å². The van der Waals surface area contributed by atoms with Crippen molar-refractivity contribution < 1.29 is 23.9 Å². The molecular weight excluding hydrogens is 446 g/mol. The van der Waals surface area contributed by atoms with E-state index in [1.165, 1.54) is 5.56 Å². The first-order valence-corrected chi connectivity index (χ1v) is 13.0. The number of nitrogens with zero attached hydrogens (tertiary/aromatic N) is 2. The Hall–Kier alpha value is -2.29. The molecule has 3 aliphatic rings. The number of benzene rings is 1. The molecule has 0 bridgehead atoms. The summed E-state index contributed by atoms with van der Waals surface area (Å²) in [7, 11) is 2.15. The minimum Gasteiger partial charge on any atom is -0.374 e. The summed E-state index contributed by atoms with van der Waals surface area (Å²) in [5.74, 6) is -0.196. The molecule has 2 amide bonds. The molecule has 3 fully saturated rings. The Balaban J connectivity index is 1.46. The second-order valence-electron chi connectivity index (χ2n) is 10.2. The van der Waals surface area contributed by atoms with Crippen LogP contribution < -0.4 is 5.32 Å². The predicted octanol–water partition coefficient (Wildman–Crippen LogP) is 2.22. The zero-order valence-electron chi connectivity index (χ0n) is 21.4. The summed E-state index contributed by atoms with van der Waals surface area (Å²) in [6.07, 6.45) is 2.19. The van der Waals surface area contributed by atoms with Gasteiger partial charge in [-0.1, -0.05) is 32.4 Å². The fraction of sp³-hybridized carbons (Fsp3) is 0.667. The monoisotopic (exact) mass is 485 g/mol.